The Labute approximate surface area is 116 Å². The molecule has 2 unspecified atom stereocenters. The summed E-state index contributed by atoms with van der Waals surface area (Å²) in [7, 11) is 3.63. The van der Waals surface area contributed by atoms with Gasteiger partial charge in [-0.05, 0) is 25.7 Å². The van der Waals surface area contributed by atoms with Crippen LogP contribution in [0.1, 0.15) is 25.7 Å². The van der Waals surface area contributed by atoms with E-state index in [-0.39, 0.29) is 0 Å². The summed E-state index contributed by atoms with van der Waals surface area (Å²) in [6.45, 7) is 4.86. The average molecular weight is 269 g/mol. The molecule has 2 rings (SSSR count). The first kappa shape index (κ1) is 14.6. The zero-order valence-electron chi connectivity index (χ0n) is 12.2. The molecule has 5 nitrogen and oxygen atoms in total. The van der Waals surface area contributed by atoms with Gasteiger partial charge >= 0.3 is 0 Å². The highest BCUT2D eigenvalue weighted by Crippen LogP contribution is 2.17. The first-order valence-corrected chi connectivity index (χ1v) is 7.39. The minimum atomic E-state index is 0.449. The number of likely N-dealkylation sites (tertiary alicyclic amines) is 1. The van der Waals surface area contributed by atoms with Crippen molar-refractivity contribution in [2.75, 3.05) is 47.0 Å². The highest BCUT2D eigenvalue weighted by molar-refractivity contribution is 5.80. The molecule has 110 valence electrons. The predicted molar refractivity (Wildman–Crippen MR) is 76.5 cm³/mol. The molecule has 19 heavy (non-hydrogen) atoms. The third-order valence-corrected chi connectivity index (χ3v) is 3.97. The fourth-order valence-corrected chi connectivity index (χ4v) is 2.95. The topological polar surface area (TPSA) is 46.1 Å². The summed E-state index contributed by atoms with van der Waals surface area (Å²) < 4.78 is 10.9. The first-order chi connectivity index (χ1) is 9.33. The Kier molecular flexibility index (Phi) is 5.92. The lowest BCUT2D eigenvalue weighted by Gasteiger charge is -2.22. The summed E-state index contributed by atoms with van der Waals surface area (Å²) in [6.07, 6.45) is 5.14. The quantitative estimate of drug-likeness (QED) is 0.600. The molecule has 2 fully saturated rings. The molecule has 0 aromatic rings. The summed E-state index contributed by atoms with van der Waals surface area (Å²) in [4.78, 5) is 6.71. The van der Waals surface area contributed by atoms with Crippen LogP contribution in [0.3, 0.4) is 0 Å². The molecule has 2 aliphatic rings. The SMILES string of the molecule is CN=C(NCCC1CCCO1)N1CCC(COC)C1. The highest BCUT2D eigenvalue weighted by Gasteiger charge is 2.24. The van der Waals surface area contributed by atoms with Crippen LogP contribution < -0.4 is 5.32 Å². The minimum absolute atomic E-state index is 0.449. The van der Waals surface area contributed by atoms with Crippen molar-refractivity contribution < 1.29 is 9.47 Å². The van der Waals surface area contributed by atoms with Crippen LogP contribution in [-0.4, -0.2) is 64.0 Å². The number of guanidine groups is 1. The van der Waals surface area contributed by atoms with E-state index in [1.54, 1.807) is 7.11 Å². The van der Waals surface area contributed by atoms with Crippen molar-refractivity contribution in [2.24, 2.45) is 10.9 Å². The standard InChI is InChI=1S/C14H27N3O2/c1-15-14(16-7-5-13-4-3-9-19-13)17-8-6-12(10-17)11-18-2/h12-13H,3-11H2,1-2H3,(H,15,16). The summed E-state index contributed by atoms with van der Waals surface area (Å²) >= 11 is 0. The maximum Gasteiger partial charge on any atom is 0.193 e. The Morgan fingerprint density at radius 3 is 3.05 bits per heavy atom. The van der Waals surface area contributed by atoms with Crippen LogP contribution in [0.2, 0.25) is 0 Å². The van der Waals surface area contributed by atoms with Crippen LogP contribution in [0.15, 0.2) is 4.99 Å². The maximum atomic E-state index is 5.63. The Bertz CT molecular complexity index is 290. The minimum Gasteiger partial charge on any atom is -0.384 e. The average Bonchev–Trinajstić information content (AvgIpc) is 3.06. The van der Waals surface area contributed by atoms with Crippen molar-refractivity contribution in [1.82, 2.24) is 10.2 Å². The molecule has 0 aromatic heterocycles. The number of hydrogen-bond acceptors (Lipinski definition) is 3. The van der Waals surface area contributed by atoms with Crippen LogP contribution in [0.4, 0.5) is 0 Å². The third-order valence-electron chi connectivity index (χ3n) is 3.97. The van der Waals surface area contributed by atoms with E-state index in [9.17, 15) is 0 Å². The second kappa shape index (κ2) is 7.70. The van der Waals surface area contributed by atoms with Crippen molar-refractivity contribution in [2.45, 2.75) is 31.8 Å². The fourth-order valence-electron chi connectivity index (χ4n) is 2.95. The Hall–Kier alpha value is -0.810. The molecule has 2 saturated heterocycles. The van der Waals surface area contributed by atoms with Crippen molar-refractivity contribution in [3.05, 3.63) is 0 Å². The third kappa shape index (κ3) is 4.35. The molecule has 0 aliphatic carbocycles. The molecule has 0 aromatic carbocycles. The number of nitrogens with zero attached hydrogens (tertiary/aromatic N) is 2. The molecule has 0 amide bonds. The summed E-state index contributed by atoms with van der Waals surface area (Å²) in [5.41, 5.74) is 0. The van der Waals surface area contributed by atoms with Crippen molar-refractivity contribution in [1.29, 1.82) is 0 Å². The molecule has 1 N–H and O–H groups in total. The van der Waals surface area contributed by atoms with Gasteiger partial charge in [-0.15, -0.1) is 0 Å². The van der Waals surface area contributed by atoms with E-state index in [4.69, 9.17) is 9.47 Å². The number of ether oxygens (including phenoxy) is 2. The van der Waals surface area contributed by atoms with Crippen LogP contribution in [0, 0.1) is 5.92 Å². The van der Waals surface area contributed by atoms with Gasteiger partial charge in [0, 0.05) is 46.3 Å². The molecule has 2 heterocycles. The van der Waals surface area contributed by atoms with Gasteiger partial charge in [0.1, 0.15) is 0 Å². The van der Waals surface area contributed by atoms with Crippen LogP contribution in [0.5, 0.6) is 0 Å². The molecule has 0 spiro atoms. The van der Waals surface area contributed by atoms with E-state index in [1.807, 2.05) is 7.05 Å². The van der Waals surface area contributed by atoms with Crippen LogP contribution in [0.25, 0.3) is 0 Å². The lowest BCUT2D eigenvalue weighted by atomic mass is 10.1. The summed E-state index contributed by atoms with van der Waals surface area (Å²) in [6, 6.07) is 0. The lowest BCUT2D eigenvalue weighted by Crippen LogP contribution is -2.41. The molecular formula is C14H27N3O2. The van der Waals surface area contributed by atoms with Gasteiger partial charge in [0.15, 0.2) is 5.96 Å². The van der Waals surface area contributed by atoms with E-state index >= 15 is 0 Å². The van der Waals surface area contributed by atoms with Crippen LogP contribution in [-0.2, 0) is 9.47 Å². The molecule has 0 radical (unpaired) electrons. The number of methoxy groups -OCH3 is 1. The molecule has 0 saturated carbocycles. The number of nitrogens with one attached hydrogen (secondary N) is 1. The number of hydrogen-bond donors (Lipinski definition) is 1. The van der Waals surface area contributed by atoms with Gasteiger partial charge in [-0.3, -0.25) is 4.99 Å². The van der Waals surface area contributed by atoms with Gasteiger partial charge in [-0.1, -0.05) is 0 Å². The van der Waals surface area contributed by atoms with Gasteiger partial charge in [0.2, 0.25) is 0 Å². The molecule has 5 heteroatoms. The number of rotatable bonds is 5. The first-order valence-electron chi connectivity index (χ1n) is 7.39. The Morgan fingerprint density at radius 2 is 2.37 bits per heavy atom. The van der Waals surface area contributed by atoms with Gasteiger partial charge in [-0.2, -0.15) is 0 Å². The lowest BCUT2D eigenvalue weighted by molar-refractivity contribution is 0.105. The number of aliphatic imine (C=N–C) groups is 1. The normalized spacial score (nSPS) is 28.1. The van der Waals surface area contributed by atoms with Crippen LogP contribution >= 0.6 is 0 Å². The van der Waals surface area contributed by atoms with Gasteiger partial charge in [0.05, 0.1) is 12.7 Å². The van der Waals surface area contributed by atoms with Crippen molar-refractivity contribution in [3.63, 3.8) is 0 Å². The van der Waals surface area contributed by atoms with E-state index < -0.39 is 0 Å². The van der Waals surface area contributed by atoms with E-state index in [0.29, 0.717) is 12.0 Å². The zero-order valence-corrected chi connectivity index (χ0v) is 12.2. The van der Waals surface area contributed by atoms with E-state index in [2.05, 4.69) is 15.2 Å². The molecule has 2 atom stereocenters. The summed E-state index contributed by atoms with van der Waals surface area (Å²) in [5.74, 6) is 1.67. The van der Waals surface area contributed by atoms with Gasteiger partial charge in [-0.25, -0.2) is 0 Å². The largest absolute Gasteiger partial charge is 0.384 e. The van der Waals surface area contributed by atoms with Gasteiger partial charge in [0.25, 0.3) is 0 Å². The highest BCUT2D eigenvalue weighted by atomic mass is 16.5. The van der Waals surface area contributed by atoms with Gasteiger partial charge < -0.3 is 19.7 Å². The van der Waals surface area contributed by atoms with E-state index in [0.717, 1.165) is 45.2 Å². The van der Waals surface area contributed by atoms with Crippen molar-refractivity contribution in [3.8, 4) is 0 Å². The zero-order chi connectivity index (χ0) is 13.5. The Morgan fingerprint density at radius 1 is 1.47 bits per heavy atom. The molecule has 0 bridgehead atoms. The second-order valence-corrected chi connectivity index (χ2v) is 5.45. The van der Waals surface area contributed by atoms with E-state index in [1.165, 1.54) is 19.3 Å². The monoisotopic (exact) mass is 269 g/mol. The Balaban J connectivity index is 1.68. The fraction of sp³-hybridized carbons (Fsp3) is 0.929. The maximum absolute atomic E-state index is 5.63. The smallest absolute Gasteiger partial charge is 0.193 e. The second-order valence-electron chi connectivity index (χ2n) is 5.45. The molecular weight excluding hydrogens is 242 g/mol. The predicted octanol–water partition coefficient (Wildman–Crippen LogP) is 1.10. The van der Waals surface area contributed by atoms with Crippen molar-refractivity contribution >= 4 is 5.96 Å². The summed E-state index contributed by atoms with van der Waals surface area (Å²) in [5, 5.41) is 3.46. The molecule has 2 aliphatic heterocycles.